The van der Waals surface area contributed by atoms with Crippen LogP contribution in [0.4, 0.5) is 4.79 Å². The van der Waals surface area contributed by atoms with Gasteiger partial charge in [0.25, 0.3) is 5.91 Å². The number of hydrogen-bond donors (Lipinski definition) is 3. The number of hydrazine groups is 1. The summed E-state index contributed by atoms with van der Waals surface area (Å²) in [4.78, 5) is 31.6. The molecule has 1 atom stereocenters. The first-order valence-electron chi connectivity index (χ1n) is 7.74. The van der Waals surface area contributed by atoms with Crippen molar-refractivity contribution in [2.24, 2.45) is 5.92 Å². The zero-order valence-corrected chi connectivity index (χ0v) is 13.7. The molecule has 1 heterocycles. The first-order chi connectivity index (χ1) is 11.6. The average molecular weight is 327 g/mol. The van der Waals surface area contributed by atoms with E-state index in [1.165, 1.54) is 18.6 Å². The van der Waals surface area contributed by atoms with Gasteiger partial charge in [0.1, 0.15) is 5.69 Å². The SMILES string of the molecule is CC(C)CC(NC(=O)NNC(=O)c1cnccn1)c1ccccc1. The van der Waals surface area contributed by atoms with E-state index in [1.807, 2.05) is 30.3 Å². The number of rotatable bonds is 5. The van der Waals surface area contributed by atoms with Crippen LogP contribution in [0.3, 0.4) is 0 Å². The molecule has 24 heavy (non-hydrogen) atoms. The smallest absolute Gasteiger partial charge is 0.330 e. The third-order valence-corrected chi connectivity index (χ3v) is 3.30. The molecule has 1 aromatic carbocycles. The molecule has 1 aromatic heterocycles. The second-order valence-corrected chi connectivity index (χ2v) is 5.74. The summed E-state index contributed by atoms with van der Waals surface area (Å²) in [5.74, 6) is -0.122. The van der Waals surface area contributed by atoms with Crippen molar-refractivity contribution in [2.75, 3.05) is 0 Å². The largest absolute Gasteiger partial charge is 0.333 e. The van der Waals surface area contributed by atoms with Crippen LogP contribution in [0, 0.1) is 5.92 Å². The molecular weight excluding hydrogens is 306 g/mol. The maximum atomic E-state index is 12.1. The fourth-order valence-corrected chi connectivity index (χ4v) is 2.22. The highest BCUT2D eigenvalue weighted by molar-refractivity contribution is 5.93. The lowest BCUT2D eigenvalue weighted by molar-refractivity contribution is 0.0930. The van der Waals surface area contributed by atoms with Crippen molar-refractivity contribution in [1.82, 2.24) is 26.1 Å². The van der Waals surface area contributed by atoms with Crippen molar-refractivity contribution in [3.05, 3.63) is 60.2 Å². The van der Waals surface area contributed by atoms with Crippen molar-refractivity contribution in [3.8, 4) is 0 Å². The fourth-order valence-electron chi connectivity index (χ4n) is 2.22. The van der Waals surface area contributed by atoms with E-state index < -0.39 is 11.9 Å². The molecule has 0 spiro atoms. The average Bonchev–Trinajstić information content (AvgIpc) is 2.60. The van der Waals surface area contributed by atoms with Crippen LogP contribution in [0.1, 0.15) is 42.4 Å². The predicted octanol–water partition coefficient (Wildman–Crippen LogP) is 2.21. The summed E-state index contributed by atoms with van der Waals surface area (Å²) in [6, 6.07) is 9.09. The first kappa shape index (κ1) is 17.4. The molecule has 7 nitrogen and oxygen atoms in total. The molecule has 3 amide bonds. The zero-order valence-electron chi connectivity index (χ0n) is 13.7. The summed E-state index contributed by atoms with van der Waals surface area (Å²) in [7, 11) is 0. The maximum absolute atomic E-state index is 12.1. The van der Waals surface area contributed by atoms with Gasteiger partial charge in [-0.3, -0.25) is 15.2 Å². The molecule has 1 unspecified atom stereocenters. The number of nitrogens with zero attached hydrogens (tertiary/aromatic N) is 2. The molecule has 2 aromatic rings. The van der Waals surface area contributed by atoms with Gasteiger partial charge in [-0.25, -0.2) is 15.2 Å². The van der Waals surface area contributed by atoms with Gasteiger partial charge >= 0.3 is 6.03 Å². The van der Waals surface area contributed by atoms with Gasteiger partial charge in [0.2, 0.25) is 0 Å². The van der Waals surface area contributed by atoms with Crippen LogP contribution in [0.2, 0.25) is 0 Å². The number of hydrogen-bond acceptors (Lipinski definition) is 4. The lowest BCUT2D eigenvalue weighted by atomic mass is 9.97. The Labute approximate surface area is 140 Å². The second kappa shape index (κ2) is 8.61. The highest BCUT2D eigenvalue weighted by Gasteiger charge is 2.16. The van der Waals surface area contributed by atoms with Crippen LogP contribution < -0.4 is 16.2 Å². The molecule has 7 heteroatoms. The lowest BCUT2D eigenvalue weighted by Crippen LogP contribution is -2.48. The third-order valence-electron chi connectivity index (χ3n) is 3.30. The molecule has 0 aliphatic carbocycles. The monoisotopic (exact) mass is 327 g/mol. The Balaban J connectivity index is 1.92. The Hall–Kier alpha value is -2.96. The summed E-state index contributed by atoms with van der Waals surface area (Å²) in [6.45, 7) is 4.18. The van der Waals surface area contributed by atoms with Crippen molar-refractivity contribution in [1.29, 1.82) is 0 Å². The van der Waals surface area contributed by atoms with Crippen molar-refractivity contribution >= 4 is 11.9 Å². The number of nitrogens with one attached hydrogen (secondary N) is 3. The van der Waals surface area contributed by atoms with Crippen LogP contribution in [0.15, 0.2) is 48.9 Å². The predicted molar refractivity (Wildman–Crippen MR) is 89.8 cm³/mol. The van der Waals surface area contributed by atoms with E-state index in [0.717, 1.165) is 12.0 Å². The minimum Gasteiger partial charge on any atom is -0.330 e. The van der Waals surface area contributed by atoms with Gasteiger partial charge in [0.15, 0.2) is 0 Å². The van der Waals surface area contributed by atoms with E-state index >= 15 is 0 Å². The fraction of sp³-hybridized carbons (Fsp3) is 0.294. The topological polar surface area (TPSA) is 96.0 Å². The standard InChI is InChI=1S/C17H21N5O2/c1-12(2)10-14(13-6-4-3-5-7-13)20-17(24)22-21-16(23)15-11-18-8-9-19-15/h3-9,11-12,14H,10H2,1-2H3,(H,21,23)(H2,20,22,24). The second-order valence-electron chi connectivity index (χ2n) is 5.74. The van der Waals surface area contributed by atoms with Crippen molar-refractivity contribution in [2.45, 2.75) is 26.3 Å². The summed E-state index contributed by atoms with van der Waals surface area (Å²) in [5.41, 5.74) is 5.78. The highest BCUT2D eigenvalue weighted by atomic mass is 16.2. The summed E-state index contributed by atoms with van der Waals surface area (Å²) >= 11 is 0. The molecule has 0 radical (unpaired) electrons. The van der Waals surface area contributed by atoms with Gasteiger partial charge in [-0.2, -0.15) is 0 Å². The summed E-state index contributed by atoms with van der Waals surface area (Å²) < 4.78 is 0. The molecule has 3 N–H and O–H groups in total. The van der Waals surface area contributed by atoms with Crippen LogP contribution >= 0.6 is 0 Å². The van der Waals surface area contributed by atoms with Gasteiger partial charge in [-0.1, -0.05) is 44.2 Å². The van der Waals surface area contributed by atoms with Crippen LogP contribution in [0.5, 0.6) is 0 Å². The molecule has 0 saturated heterocycles. The van der Waals surface area contributed by atoms with Gasteiger partial charge in [0.05, 0.1) is 12.2 Å². The Kier molecular flexibility index (Phi) is 6.24. The molecular formula is C17H21N5O2. The summed E-state index contributed by atoms with van der Waals surface area (Å²) in [6.07, 6.45) is 4.98. The zero-order chi connectivity index (χ0) is 17.4. The van der Waals surface area contributed by atoms with Gasteiger partial charge in [-0.15, -0.1) is 0 Å². The van der Waals surface area contributed by atoms with Gasteiger partial charge in [0, 0.05) is 12.4 Å². The lowest BCUT2D eigenvalue weighted by Gasteiger charge is -2.21. The molecule has 0 aliphatic heterocycles. The third kappa shape index (κ3) is 5.35. The minimum atomic E-state index is -0.529. The van der Waals surface area contributed by atoms with Gasteiger partial charge < -0.3 is 5.32 Å². The number of amides is 3. The Morgan fingerprint density at radius 1 is 1.08 bits per heavy atom. The number of urea groups is 1. The molecule has 0 aliphatic rings. The number of carbonyl (C=O) groups is 2. The van der Waals surface area contributed by atoms with E-state index in [0.29, 0.717) is 5.92 Å². The molecule has 0 fully saturated rings. The molecule has 126 valence electrons. The van der Waals surface area contributed by atoms with Crippen LogP contribution in [0.25, 0.3) is 0 Å². The Morgan fingerprint density at radius 3 is 2.46 bits per heavy atom. The number of aromatic nitrogens is 2. The van der Waals surface area contributed by atoms with Crippen molar-refractivity contribution < 1.29 is 9.59 Å². The number of carbonyl (C=O) groups excluding carboxylic acids is 2. The Morgan fingerprint density at radius 2 is 1.83 bits per heavy atom. The van der Waals surface area contributed by atoms with Crippen molar-refractivity contribution in [3.63, 3.8) is 0 Å². The molecule has 0 saturated carbocycles. The van der Waals surface area contributed by atoms with E-state index in [-0.39, 0.29) is 11.7 Å². The maximum Gasteiger partial charge on any atom is 0.333 e. The van der Waals surface area contributed by atoms with E-state index in [1.54, 1.807) is 0 Å². The van der Waals surface area contributed by atoms with Gasteiger partial charge in [-0.05, 0) is 17.9 Å². The molecule has 0 bridgehead atoms. The van der Waals surface area contributed by atoms with E-state index in [2.05, 4.69) is 40.0 Å². The summed E-state index contributed by atoms with van der Waals surface area (Å²) in [5, 5.41) is 2.87. The Bertz CT molecular complexity index is 661. The van der Waals surface area contributed by atoms with Crippen LogP contribution in [-0.2, 0) is 0 Å². The minimum absolute atomic E-state index is 0.125. The quantitative estimate of drug-likeness (QED) is 0.734. The van der Waals surface area contributed by atoms with Crippen LogP contribution in [-0.4, -0.2) is 21.9 Å². The van der Waals surface area contributed by atoms with E-state index in [4.69, 9.17) is 0 Å². The first-order valence-corrected chi connectivity index (χ1v) is 7.74. The molecule has 2 rings (SSSR count). The number of benzene rings is 1. The normalized spacial score (nSPS) is 11.6. The highest BCUT2D eigenvalue weighted by Crippen LogP contribution is 2.20. The van der Waals surface area contributed by atoms with E-state index in [9.17, 15) is 9.59 Å².